The van der Waals surface area contributed by atoms with E-state index in [-0.39, 0.29) is 18.5 Å². The smallest absolute Gasteiger partial charge is 0.325 e. The summed E-state index contributed by atoms with van der Waals surface area (Å²) in [6.45, 7) is 4.39. The Balaban J connectivity index is 2.32. The van der Waals surface area contributed by atoms with Gasteiger partial charge in [0.1, 0.15) is 6.54 Å². The number of nitrogens with zero attached hydrogens (tertiary/aromatic N) is 1. The molecule has 0 atom stereocenters. The van der Waals surface area contributed by atoms with E-state index in [1.54, 1.807) is 13.8 Å². The van der Waals surface area contributed by atoms with Crippen molar-refractivity contribution in [3.05, 3.63) is 11.1 Å². The van der Waals surface area contributed by atoms with Crippen LogP contribution in [0.5, 0.6) is 0 Å². The second kappa shape index (κ2) is 8.47. The van der Waals surface area contributed by atoms with Crippen LogP contribution in [0, 0.1) is 0 Å². The summed E-state index contributed by atoms with van der Waals surface area (Å²) in [5.74, 6) is -0.540. The van der Waals surface area contributed by atoms with Crippen LogP contribution < -0.4 is 5.32 Å². The highest BCUT2D eigenvalue weighted by atomic mass is 32.1. The SMILES string of the molecule is CCOC(=O)CCc1csc(NCC(=O)OCC)n1. The third kappa shape index (κ3) is 6.19. The van der Waals surface area contributed by atoms with Gasteiger partial charge in [0.05, 0.1) is 25.3 Å². The molecule has 1 heterocycles. The summed E-state index contributed by atoms with van der Waals surface area (Å²) < 4.78 is 9.63. The van der Waals surface area contributed by atoms with Crippen molar-refractivity contribution >= 4 is 28.4 Å². The van der Waals surface area contributed by atoms with Crippen LogP contribution in [0.25, 0.3) is 0 Å². The molecule has 0 aromatic carbocycles. The average molecular weight is 286 g/mol. The molecule has 0 unspecified atom stereocenters. The minimum absolute atomic E-state index is 0.0959. The highest BCUT2D eigenvalue weighted by Crippen LogP contribution is 2.16. The maximum Gasteiger partial charge on any atom is 0.325 e. The Morgan fingerprint density at radius 3 is 2.63 bits per heavy atom. The lowest BCUT2D eigenvalue weighted by Crippen LogP contribution is -2.16. The van der Waals surface area contributed by atoms with Crippen LogP contribution in [0.1, 0.15) is 26.0 Å². The van der Waals surface area contributed by atoms with Gasteiger partial charge in [-0.15, -0.1) is 11.3 Å². The Kier molecular flexibility index (Phi) is 6.88. The number of carbonyl (C=O) groups is 2. The molecule has 0 amide bonds. The highest BCUT2D eigenvalue weighted by molar-refractivity contribution is 7.13. The molecule has 1 aromatic rings. The molecular formula is C12H18N2O4S. The predicted molar refractivity (Wildman–Crippen MR) is 72.2 cm³/mol. The molecule has 19 heavy (non-hydrogen) atoms. The molecule has 106 valence electrons. The van der Waals surface area contributed by atoms with E-state index >= 15 is 0 Å². The van der Waals surface area contributed by atoms with Gasteiger partial charge in [0.15, 0.2) is 5.13 Å². The molecule has 0 saturated heterocycles. The normalized spacial score (nSPS) is 10.0. The molecule has 0 fully saturated rings. The van der Waals surface area contributed by atoms with Gasteiger partial charge >= 0.3 is 11.9 Å². The third-order valence-corrected chi connectivity index (χ3v) is 2.98. The molecule has 0 radical (unpaired) electrons. The van der Waals surface area contributed by atoms with E-state index in [9.17, 15) is 9.59 Å². The Hall–Kier alpha value is -1.63. The van der Waals surface area contributed by atoms with Crippen LogP contribution in [0.2, 0.25) is 0 Å². The second-order valence-corrected chi connectivity index (χ2v) is 4.47. The van der Waals surface area contributed by atoms with Gasteiger partial charge in [-0.2, -0.15) is 0 Å². The van der Waals surface area contributed by atoms with E-state index in [1.807, 2.05) is 5.38 Å². The minimum Gasteiger partial charge on any atom is -0.466 e. The topological polar surface area (TPSA) is 77.5 Å². The summed E-state index contributed by atoms with van der Waals surface area (Å²) in [5, 5.41) is 5.38. The average Bonchev–Trinajstić information content (AvgIpc) is 2.83. The fraction of sp³-hybridized carbons (Fsp3) is 0.583. The molecule has 7 heteroatoms. The summed E-state index contributed by atoms with van der Waals surface area (Å²) in [7, 11) is 0. The maximum absolute atomic E-state index is 11.2. The quantitative estimate of drug-likeness (QED) is 0.732. The van der Waals surface area contributed by atoms with Crippen LogP contribution in [-0.4, -0.2) is 36.7 Å². The number of rotatable bonds is 8. The standard InChI is InChI=1S/C12H18N2O4S/c1-3-17-10(15)6-5-9-8-19-12(14-9)13-7-11(16)18-4-2/h8H,3-7H2,1-2H3,(H,13,14). The number of thiazole rings is 1. The van der Waals surface area contributed by atoms with Crippen molar-refractivity contribution in [1.82, 2.24) is 4.98 Å². The molecule has 0 spiro atoms. The van der Waals surface area contributed by atoms with Crippen LogP contribution in [0.15, 0.2) is 5.38 Å². The van der Waals surface area contributed by atoms with Gasteiger partial charge in [-0.25, -0.2) is 4.98 Å². The maximum atomic E-state index is 11.2. The first-order valence-corrected chi connectivity index (χ1v) is 7.03. The molecule has 0 aliphatic rings. The Morgan fingerprint density at radius 2 is 1.95 bits per heavy atom. The summed E-state index contributed by atoms with van der Waals surface area (Å²) in [6.07, 6.45) is 0.852. The van der Waals surface area contributed by atoms with Gasteiger partial charge in [0.2, 0.25) is 0 Å². The Bertz CT molecular complexity index is 383. The summed E-state index contributed by atoms with van der Waals surface area (Å²) in [5.41, 5.74) is 0.810. The van der Waals surface area contributed by atoms with Gasteiger partial charge in [0.25, 0.3) is 0 Å². The number of aromatic nitrogens is 1. The first-order chi connectivity index (χ1) is 9.15. The van der Waals surface area contributed by atoms with Crippen LogP contribution in [0.3, 0.4) is 0 Å². The van der Waals surface area contributed by atoms with Crippen molar-refractivity contribution in [2.75, 3.05) is 25.1 Å². The zero-order valence-corrected chi connectivity index (χ0v) is 11.9. The van der Waals surface area contributed by atoms with Crippen molar-refractivity contribution in [3.8, 4) is 0 Å². The number of hydrogen-bond acceptors (Lipinski definition) is 7. The summed E-state index contributed by atoms with van der Waals surface area (Å²) in [6, 6.07) is 0. The molecule has 6 nitrogen and oxygen atoms in total. The van der Waals surface area contributed by atoms with Gasteiger partial charge in [-0.3, -0.25) is 9.59 Å². The molecule has 1 rings (SSSR count). The number of nitrogens with one attached hydrogen (secondary N) is 1. The number of aryl methyl sites for hydroxylation is 1. The lowest BCUT2D eigenvalue weighted by atomic mass is 10.2. The van der Waals surface area contributed by atoms with Gasteiger partial charge in [-0.05, 0) is 13.8 Å². The van der Waals surface area contributed by atoms with Crippen LogP contribution in [-0.2, 0) is 25.5 Å². The monoisotopic (exact) mass is 286 g/mol. The van der Waals surface area contributed by atoms with Crippen molar-refractivity contribution in [1.29, 1.82) is 0 Å². The molecule has 1 N–H and O–H groups in total. The number of esters is 2. The Morgan fingerprint density at radius 1 is 1.26 bits per heavy atom. The van der Waals surface area contributed by atoms with Gasteiger partial charge in [0, 0.05) is 11.8 Å². The fourth-order valence-electron chi connectivity index (χ4n) is 1.33. The van der Waals surface area contributed by atoms with Crippen molar-refractivity contribution in [2.24, 2.45) is 0 Å². The second-order valence-electron chi connectivity index (χ2n) is 3.61. The molecule has 1 aromatic heterocycles. The first-order valence-electron chi connectivity index (χ1n) is 6.15. The van der Waals surface area contributed by atoms with Crippen LogP contribution in [0.4, 0.5) is 5.13 Å². The molecule has 0 bridgehead atoms. The van der Waals surface area contributed by atoms with E-state index in [4.69, 9.17) is 9.47 Å². The van der Waals surface area contributed by atoms with E-state index in [0.29, 0.717) is 31.2 Å². The minimum atomic E-state index is -0.314. The number of carbonyl (C=O) groups excluding carboxylic acids is 2. The van der Waals surface area contributed by atoms with Crippen molar-refractivity contribution in [2.45, 2.75) is 26.7 Å². The molecular weight excluding hydrogens is 268 g/mol. The fourth-order valence-corrected chi connectivity index (χ4v) is 2.07. The zero-order valence-electron chi connectivity index (χ0n) is 11.1. The zero-order chi connectivity index (χ0) is 14.1. The van der Waals surface area contributed by atoms with E-state index in [1.165, 1.54) is 11.3 Å². The Labute approximate surface area is 116 Å². The van der Waals surface area contributed by atoms with Crippen molar-refractivity contribution in [3.63, 3.8) is 0 Å². The largest absolute Gasteiger partial charge is 0.466 e. The number of anilines is 1. The lowest BCUT2D eigenvalue weighted by Gasteiger charge is -2.02. The first kappa shape index (κ1) is 15.4. The highest BCUT2D eigenvalue weighted by Gasteiger charge is 2.07. The van der Waals surface area contributed by atoms with E-state index in [0.717, 1.165) is 5.69 Å². The molecule has 0 aliphatic carbocycles. The number of hydrogen-bond donors (Lipinski definition) is 1. The molecule has 0 saturated carbocycles. The van der Waals surface area contributed by atoms with E-state index < -0.39 is 0 Å². The summed E-state index contributed by atoms with van der Waals surface area (Å²) in [4.78, 5) is 26.6. The van der Waals surface area contributed by atoms with Gasteiger partial charge < -0.3 is 14.8 Å². The van der Waals surface area contributed by atoms with Gasteiger partial charge in [-0.1, -0.05) is 0 Å². The summed E-state index contributed by atoms with van der Waals surface area (Å²) >= 11 is 1.39. The molecule has 0 aliphatic heterocycles. The van der Waals surface area contributed by atoms with Crippen LogP contribution >= 0.6 is 11.3 Å². The lowest BCUT2D eigenvalue weighted by molar-refractivity contribution is -0.143. The third-order valence-electron chi connectivity index (χ3n) is 2.13. The van der Waals surface area contributed by atoms with Crippen molar-refractivity contribution < 1.29 is 19.1 Å². The predicted octanol–water partition coefficient (Wildman–Crippen LogP) is 1.61. The van der Waals surface area contributed by atoms with E-state index in [2.05, 4.69) is 10.3 Å². The number of ether oxygens (including phenoxy) is 2.